The Morgan fingerprint density at radius 2 is 1.97 bits per heavy atom. The van der Waals surface area contributed by atoms with E-state index in [4.69, 9.17) is 9.47 Å². The predicted molar refractivity (Wildman–Crippen MR) is 123 cm³/mol. The van der Waals surface area contributed by atoms with E-state index in [-0.39, 0.29) is 30.0 Å². The van der Waals surface area contributed by atoms with Crippen molar-refractivity contribution in [2.24, 2.45) is 12.0 Å². The molecule has 29 heavy (non-hydrogen) atoms. The molecule has 0 aliphatic carbocycles. The number of nitrogens with zero attached hydrogens (tertiary/aromatic N) is 5. The number of benzene rings is 1. The number of ether oxygens (including phenoxy) is 2. The van der Waals surface area contributed by atoms with Crippen molar-refractivity contribution in [1.29, 1.82) is 0 Å². The first kappa shape index (κ1) is 23.4. The van der Waals surface area contributed by atoms with Gasteiger partial charge in [0.1, 0.15) is 17.9 Å². The highest BCUT2D eigenvalue weighted by molar-refractivity contribution is 14.0. The van der Waals surface area contributed by atoms with Gasteiger partial charge in [-0.15, -0.1) is 24.0 Å². The molecular formula is C19H30IN7O2. The topological polar surface area (TPSA) is 88.8 Å². The van der Waals surface area contributed by atoms with E-state index >= 15 is 0 Å². The van der Waals surface area contributed by atoms with Gasteiger partial charge in [-0.2, -0.15) is 5.10 Å². The summed E-state index contributed by atoms with van der Waals surface area (Å²) in [5, 5.41) is 10.8. The second-order valence-electron chi connectivity index (χ2n) is 6.54. The molecule has 1 aliphatic rings. The van der Waals surface area contributed by atoms with Gasteiger partial charge in [0.2, 0.25) is 0 Å². The first-order chi connectivity index (χ1) is 13.7. The Morgan fingerprint density at radius 3 is 2.55 bits per heavy atom. The van der Waals surface area contributed by atoms with Crippen LogP contribution >= 0.6 is 24.0 Å². The minimum atomic E-state index is 0. The Balaban J connectivity index is 0.00000300. The minimum absolute atomic E-state index is 0. The predicted octanol–water partition coefficient (Wildman–Crippen LogP) is 1.18. The molecule has 1 aromatic carbocycles. The molecule has 1 atom stereocenters. The third kappa shape index (κ3) is 6.54. The van der Waals surface area contributed by atoms with Crippen LogP contribution in [0.3, 0.4) is 0 Å². The number of nitrogens with one attached hydrogen (secondary N) is 2. The minimum Gasteiger partial charge on any atom is -0.497 e. The van der Waals surface area contributed by atoms with E-state index in [1.54, 1.807) is 25.2 Å². The number of methoxy groups -OCH3 is 1. The van der Waals surface area contributed by atoms with Gasteiger partial charge in [0.15, 0.2) is 5.96 Å². The van der Waals surface area contributed by atoms with Gasteiger partial charge in [0.05, 0.1) is 32.9 Å². The number of halogens is 1. The van der Waals surface area contributed by atoms with Crippen molar-refractivity contribution in [3.8, 4) is 5.75 Å². The normalized spacial score (nSPS) is 16.0. The molecule has 2 heterocycles. The molecule has 1 fully saturated rings. The Kier molecular flexibility index (Phi) is 9.61. The zero-order valence-electron chi connectivity index (χ0n) is 17.2. The summed E-state index contributed by atoms with van der Waals surface area (Å²) < 4.78 is 12.6. The van der Waals surface area contributed by atoms with Crippen LogP contribution < -0.4 is 15.4 Å². The van der Waals surface area contributed by atoms with E-state index in [2.05, 4.69) is 42.7 Å². The van der Waals surface area contributed by atoms with E-state index in [1.807, 2.05) is 19.2 Å². The number of aryl methyl sites for hydroxylation is 1. The maximum Gasteiger partial charge on any atom is 0.191 e. The Bertz CT molecular complexity index is 760. The van der Waals surface area contributed by atoms with Crippen molar-refractivity contribution in [3.63, 3.8) is 0 Å². The zero-order valence-corrected chi connectivity index (χ0v) is 19.5. The maximum atomic E-state index is 5.53. The van der Waals surface area contributed by atoms with E-state index in [0.29, 0.717) is 6.54 Å². The van der Waals surface area contributed by atoms with Crippen LogP contribution in [-0.4, -0.2) is 72.6 Å². The molecule has 0 amide bonds. The number of aromatic nitrogens is 3. The first-order valence-corrected chi connectivity index (χ1v) is 9.44. The van der Waals surface area contributed by atoms with E-state index in [0.717, 1.165) is 50.4 Å². The first-order valence-electron chi connectivity index (χ1n) is 9.44. The lowest BCUT2D eigenvalue weighted by atomic mass is 10.0. The second kappa shape index (κ2) is 11.9. The molecule has 10 heteroatoms. The average molecular weight is 515 g/mol. The fourth-order valence-corrected chi connectivity index (χ4v) is 3.23. The van der Waals surface area contributed by atoms with Gasteiger partial charge in [-0.1, -0.05) is 12.1 Å². The summed E-state index contributed by atoms with van der Waals surface area (Å²) in [6, 6.07) is 8.46. The van der Waals surface area contributed by atoms with Crippen molar-refractivity contribution >= 4 is 29.9 Å². The molecule has 0 radical (unpaired) electrons. The number of hydrogen-bond acceptors (Lipinski definition) is 6. The van der Waals surface area contributed by atoms with Crippen LogP contribution in [0.15, 0.2) is 35.6 Å². The Labute approximate surface area is 188 Å². The van der Waals surface area contributed by atoms with Crippen LogP contribution in [-0.2, 0) is 18.3 Å². The standard InChI is InChI=1S/C19H29N7O2.HI/c1-20-19(22-13-18-23-14-24-25(18)2)21-12-17(26-8-10-28-11-9-26)15-4-6-16(27-3)7-5-15;/h4-7,14,17H,8-13H2,1-3H3,(H2,20,21,22);1H. The van der Waals surface area contributed by atoms with E-state index < -0.39 is 0 Å². The third-order valence-corrected chi connectivity index (χ3v) is 4.89. The molecule has 0 bridgehead atoms. The van der Waals surface area contributed by atoms with Gasteiger partial charge >= 0.3 is 0 Å². The average Bonchev–Trinajstić information content (AvgIpc) is 3.16. The number of aliphatic imine (C=N–C) groups is 1. The summed E-state index contributed by atoms with van der Waals surface area (Å²) in [4.78, 5) is 11.0. The molecule has 1 aromatic heterocycles. The van der Waals surface area contributed by atoms with Gasteiger partial charge in [-0.05, 0) is 17.7 Å². The lowest BCUT2D eigenvalue weighted by Crippen LogP contribution is -2.46. The number of morpholine rings is 1. The molecule has 0 saturated carbocycles. The van der Waals surface area contributed by atoms with E-state index in [1.165, 1.54) is 5.56 Å². The highest BCUT2D eigenvalue weighted by Crippen LogP contribution is 2.23. The SMILES string of the molecule is CN=C(NCc1ncnn1C)NCC(c1ccc(OC)cc1)N1CCOCC1.I. The number of guanidine groups is 1. The summed E-state index contributed by atoms with van der Waals surface area (Å²) in [5.41, 5.74) is 1.24. The van der Waals surface area contributed by atoms with Crippen molar-refractivity contribution in [2.45, 2.75) is 12.6 Å². The van der Waals surface area contributed by atoms with Gasteiger partial charge in [-0.25, -0.2) is 4.98 Å². The van der Waals surface area contributed by atoms with Crippen LogP contribution in [0.2, 0.25) is 0 Å². The molecule has 1 unspecified atom stereocenters. The van der Waals surface area contributed by atoms with Gasteiger partial charge in [0.25, 0.3) is 0 Å². The van der Waals surface area contributed by atoms with Crippen LogP contribution in [0.1, 0.15) is 17.4 Å². The lowest BCUT2D eigenvalue weighted by molar-refractivity contribution is 0.0170. The van der Waals surface area contributed by atoms with Crippen LogP contribution in [0.5, 0.6) is 5.75 Å². The summed E-state index contributed by atoms with van der Waals surface area (Å²) in [7, 11) is 5.32. The summed E-state index contributed by atoms with van der Waals surface area (Å²) in [6.07, 6.45) is 1.55. The molecule has 0 spiro atoms. The maximum absolute atomic E-state index is 5.53. The molecule has 2 N–H and O–H groups in total. The molecule has 1 aliphatic heterocycles. The summed E-state index contributed by atoms with van der Waals surface area (Å²) in [6.45, 7) is 4.61. The largest absolute Gasteiger partial charge is 0.497 e. The fraction of sp³-hybridized carbons (Fsp3) is 0.526. The summed E-state index contributed by atoms with van der Waals surface area (Å²) >= 11 is 0. The monoisotopic (exact) mass is 515 g/mol. The van der Waals surface area contributed by atoms with Crippen molar-refractivity contribution in [1.82, 2.24) is 30.3 Å². The van der Waals surface area contributed by atoms with Crippen LogP contribution in [0.4, 0.5) is 0 Å². The van der Waals surface area contributed by atoms with Gasteiger partial charge in [0, 0.05) is 33.7 Å². The number of hydrogen-bond donors (Lipinski definition) is 2. The quantitative estimate of drug-likeness (QED) is 0.325. The second-order valence-corrected chi connectivity index (χ2v) is 6.54. The molecule has 3 rings (SSSR count). The van der Waals surface area contributed by atoms with Crippen molar-refractivity contribution in [2.75, 3.05) is 47.0 Å². The highest BCUT2D eigenvalue weighted by Gasteiger charge is 2.23. The van der Waals surface area contributed by atoms with E-state index in [9.17, 15) is 0 Å². The zero-order chi connectivity index (χ0) is 19.8. The lowest BCUT2D eigenvalue weighted by Gasteiger charge is -2.35. The Hall–Kier alpha value is -1.92. The van der Waals surface area contributed by atoms with Gasteiger partial charge in [-0.3, -0.25) is 14.6 Å². The smallest absolute Gasteiger partial charge is 0.191 e. The van der Waals surface area contributed by atoms with Crippen molar-refractivity contribution in [3.05, 3.63) is 42.0 Å². The fourth-order valence-electron chi connectivity index (χ4n) is 3.23. The van der Waals surface area contributed by atoms with Crippen molar-refractivity contribution < 1.29 is 9.47 Å². The molecule has 160 valence electrons. The van der Waals surface area contributed by atoms with Crippen LogP contribution in [0, 0.1) is 0 Å². The molecule has 2 aromatic rings. The van der Waals surface area contributed by atoms with Gasteiger partial charge < -0.3 is 20.1 Å². The third-order valence-electron chi connectivity index (χ3n) is 4.89. The summed E-state index contributed by atoms with van der Waals surface area (Å²) in [5.74, 6) is 2.44. The van der Waals surface area contributed by atoms with Crippen LogP contribution in [0.25, 0.3) is 0 Å². The number of rotatable bonds is 7. The Morgan fingerprint density at radius 1 is 1.24 bits per heavy atom. The molecular weight excluding hydrogens is 485 g/mol. The molecule has 9 nitrogen and oxygen atoms in total. The highest BCUT2D eigenvalue weighted by atomic mass is 127. The molecule has 1 saturated heterocycles.